The molecule has 2 aliphatic heterocycles. The van der Waals surface area contributed by atoms with E-state index in [1.54, 1.807) is 16.6 Å². The van der Waals surface area contributed by atoms with Crippen LogP contribution in [0.2, 0.25) is 0 Å². The van der Waals surface area contributed by atoms with Gasteiger partial charge in [0, 0.05) is 47.0 Å². The van der Waals surface area contributed by atoms with Crippen LogP contribution in [-0.4, -0.2) is 57.5 Å². The Morgan fingerprint density at radius 3 is 1.62 bits per heavy atom. The number of nitrogens with two attached hydrogens (primary N) is 3. The fraction of sp³-hybridized carbons (Fsp3) is 0.260. The summed E-state index contributed by atoms with van der Waals surface area (Å²) < 4.78 is 18.7. The summed E-state index contributed by atoms with van der Waals surface area (Å²) in [5.41, 5.74) is 30.2. The minimum Gasteiger partial charge on any atom is -0.468 e. The monoisotopic (exact) mass is 839 g/mol. The molecule has 13 nitrogen and oxygen atoms in total. The number of hydrogen-bond donors (Lipinski definition) is 3. The number of aromatic nitrogens is 5. The largest absolute Gasteiger partial charge is 0.468 e. The van der Waals surface area contributed by atoms with Crippen molar-refractivity contribution in [2.45, 2.75) is 56.2 Å². The first-order chi connectivity index (χ1) is 30.7. The fourth-order valence-electron chi connectivity index (χ4n) is 8.86. The summed E-state index contributed by atoms with van der Waals surface area (Å²) in [4.78, 5) is 24.0. The molecule has 1 amide bonds. The van der Waals surface area contributed by atoms with Crippen LogP contribution in [0.25, 0.3) is 50.5 Å². The minimum absolute atomic E-state index is 0.0253. The van der Waals surface area contributed by atoms with Gasteiger partial charge in [0.05, 0.1) is 18.0 Å². The lowest BCUT2D eigenvalue weighted by Gasteiger charge is -2.38. The summed E-state index contributed by atoms with van der Waals surface area (Å²) in [7, 11) is 1.63. The van der Waals surface area contributed by atoms with Crippen molar-refractivity contribution in [3.63, 3.8) is 0 Å². The molecule has 4 aliphatic rings. The zero-order valence-corrected chi connectivity index (χ0v) is 35.2. The smallest absolute Gasteiger partial charge is 0.265 e. The van der Waals surface area contributed by atoms with E-state index in [0.717, 1.165) is 76.1 Å². The first-order valence-electron chi connectivity index (χ1n) is 21.5. The maximum absolute atomic E-state index is 12.5. The predicted octanol–water partition coefficient (Wildman–Crippen LogP) is 7.93. The lowest BCUT2D eigenvalue weighted by Crippen LogP contribution is -2.43. The van der Waals surface area contributed by atoms with Crippen LogP contribution in [0.4, 0.5) is 11.6 Å². The molecule has 63 heavy (non-hydrogen) atoms. The SMILES string of the molecule is COCCN1C(=O)COc2nc(-c3ccc(C4(N)CCC4)cc3)c(-c3ccccc3)cc21.Nc1nnc2n1-c1cc(-c3ccccc3)c(-c3ccc(C4(N)CCC4)cc3)nc1OC2. The van der Waals surface area contributed by atoms with Gasteiger partial charge in [-0.25, -0.2) is 9.97 Å². The quantitative estimate of drug-likeness (QED) is 0.128. The molecule has 11 rings (SSSR count). The third kappa shape index (κ3) is 7.47. The maximum Gasteiger partial charge on any atom is 0.265 e. The summed E-state index contributed by atoms with van der Waals surface area (Å²) in [5.74, 6) is 1.88. The number of ether oxygens (including phenoxy) is 3. The number of carbonyl (C=O) groups excluding carboxylic acids is 1. The van der Waals surface area contributed by atoms with E-state index in [4.69, 9.17) is 41.4 Å². The predicted molar refractivity (Wildman–Crippen MR) is 243 cm³/mol. The van der Waals surface area contributed by atoms with Crippen molar-refractivity contribution in [3.8, 4) is 62.2 Å². The second-order valence-electron chi connectivity index (χ2n) is 16.7. The summed E-state index contributed by atoms with van der Waals surface area (Å²) in [5, 5.41) is 8.11. The van der Waals surface area contributed by atoms with Crippen molar-refractivity contribution >= 4 is 17.5 Å². The number of methoxy groups -OCH3 is 1. The molecule has 3 aromatic heterocycles. The highest BCUT2D eigenvalue weighted by Crippen LogP contribution is 2.44. The zero-order valence-electron chi connectivity index (χ0n) is 35.2. The van der Waals surface area contributed by atoms with E-state index >= 15 is 0 Å². The molecule has 6 N–H and O–H groups in total. The van der Waals surface area contributed by atoms with Gasteiger partial charge >= 0.3 is 0 Å². The molecule has 2 fully saturated rings. The van der Waals surface area contributed by atoms with Gasteiger partial charge in [-0.1, -0.05) is 109 Å². The van der Waals surface area contributed by atoms with Gasteiger partial charge in [-0.3, -0.25) is 9.36 Å². The average molecular weight is 840 g/mol. The summed E-state index contributed by atoms with van der Waals surface area (Å²) >= 11 is 0. The Labute approximate surface area is 365 Å². The van der Waals surface area contributed by atoms with Gasteiger partial charge in [0.1, 0.15) is 11.4 Å². The van der Waals surface area contributed by atoms with Crippen LogP contribution < -0.4 is 31.6 Å². The molecular formula is C50H49N9O4. The number of fused-ring (bicyclic) bond motifs is 4. The maximum atomic E-state index is 12.5. The van der Waals surface area contributed by atoms with E-state index in [1.807, 2.05) is 42.5 Å². The molecule has 318 valence electrons. The van der Waals surface area contributed by atoms with Gasteiger partial charge in [-0.2, -0.15) is 0 Å². The van der Waals surface area contributed by atoms with Crippen LogP contribution in [0.5, 0.6) is 11.8 Å². The standard InChI is InChI=1S/C26H27N3O3.C24H22N6O/c1-31-15-14-29-22-16-21(18-6-3-2-4-7-18)24(28-25(22)32-17-23(29)30)19-8-10-20(11-9-19)26(27)12-5-13-26;25-23-29-28-20-14-31-22-19(30(20)23)13-18(15-5-2-1-3-6-15)21(27-22)16-7-9-17(10-8-16)24(26)11-4-12-24/h2-4,6-11,16H,5,12-15,17,27H2,1H3;1-3,5-10,13H,4,11-12,14,26H2,(H2,25,29). The fourth-order valence-corrected chi connectivity index (χ4v) is 8.86. The van der Waals surface area contributed by atoms with Crippen molar-refractivity contribution in [1.29, 1.82) is 0 Å². The summed E-state index contributed by atoms with van der Waals surface area (Å²) in [6.45, 7) is 1.15. The van der Waals surface area contributed by atoms with E-state index in [1.165, 1.54) is 24.0 Å². The molecule has 13 heteroatoms. The van der Waals surface area contributed by atoms with E-state index in [9.17, 15) is 4.79 Å². The highest BCUT2D eigenvalue weighted by molar-refractivity contribution is 5.99. The normalized spacial score (nSPS) is 16.4. The Hall–Kier alpha value is -6.93. The second kappa shape index (κ2) is 16.4. The van der Waals surface area contributed by atoms with Crippen LogP contribution >= 0.6 is 0 Å². The number of amides is 1. The van der Waals surface area contributed by atoms with Crippen molar-refractivity contribution < 1.29 is 19.0 Å². The molecule has 7 aromatic rings. The molecule has 0 spiro atoms. The number of pyridine rings is 2. The van der Waals surface area contributed by atoms with E-state index in [2.05, 4.69) is 89.1 Å². The Morgan fingerprint density at radius 1 is 0.635 bits per heavy atom. The highest BCUT2D eigenvalue weighted by atomic mass is 16.5. The van der Waals surface area contributed by atoms with E-state index in [0.29, 0.717) is 42.4 Å². The Balaban J connectivity index is 0.000000150. The molecule has 5 heterocycles. The number of hydrogen-bond acceptors (Lipinski definition) is 11. The number of benzene rings is 4. The van der Waals surface area contributed by atoms with Crippen LogP contribution in [0.1, 0.15) is 55.5 Å². The van der Waals surface area contributed by atoms with Crippen molar-refractivity contribution in [3.05, 3.63) is 138 Å². The number of nitrogen functional groups attached to an aromatic ring is 1. The molecule has 2 saturated carbocycles. The molecule has 0 atom stereocenters. The Bertz CT molecular complexity index is 2790. The van der Waals surface area contributed by atoms with Gasteiger partial charge in [0.2, 0.25) is 17.7 Å². The van der Waals surface area contributed by atoms with Crippen molar-refractivity contribution in [2.75, 3.05) is 37.5 Å². The Morgan fingerprint density at radius 2 is 1.13 bits per heavy atom. The third-order valence-corrected chi connectivity index (χ3v) is 12.8. The average Bonchev–Trinajstić information content (AvgIpc) is 3.70. The first kappa shape index (κ1) is 40.2. The molecule has 0 radical (unpaired) electrons. The van der Waals surface area contributed by atoms with Crippen LogP contribution in [0.3, 0.4) is 0 Å². The lowest BCUT2D eigenvalue weighted by atomic mass is 9.72. The van der Waals surface area contributed by atoms with Gasteiger partial charge in [-0.15, -0.1) is 10.2 Å². The summed E-state index contributed by atoms with van der Waals surface area (Å²) in [6, 6.07) is 41.2. The van der Waals surface area contributed by atoms with E-state index < -0.39 is 0 Å². The van der Waals surface area contributed by atoms with Crippen LogP contribution in [0.15, 0.2) is 121 Å². The Kier molecular flexibility index (Phi) is 10.5. The summed E-state index contributed by atoms with van der Waals surface area (Å²) in [6.07, 6.45) is 6.49. The second-order valence-corrected chi connectivity index (χ2v) is 16.7. The first-order valence-corrected chi connectivity index (χ1v) is 21.5. The third-order valence-electron chi connectivity index (χ3n) is 12.8. The van der Waals surface area contributed by atoms with Crippen LogP contribution in [0, 0.1) is 0 Å². The molecule has 2 aliphatic carbocycles. The van der Waals surface area contributed by atoms with Gasteiger partial charge in [0.25, 0.3) is 5.91 Å². The topological polar surface area (TPSA) is 183 Å². The molecule has 0 unspecified atom stereocenters. The lowest BCUT2D eigenvalue weighted by molar-refractivity contribution is -0.121. The number of nitrogens with zero attached hydrogens (tertiary/aromatic N) is 6. The number of carbonyl (C=O) groups is 1. The molecule has 4 aromatic carbocycles. The minimum atomic E-state index is -0.199. The van der Waals surface area contributed by atoms with Gasteiger partial charge < -0.3 is 36.3 Å². The molecule has 0 bridgehead atoms. The van der Waals surface area contributed by atoms with Gasteiger partial charge in [-0.05, 0) is 72.9 Å². The molecular weight excluding hydrogens is 791 g/mol. The zero-order chi connectivity index (χ0) is 43.1. The van der Waals surface area contributed by atoms with Gasteiger partial charge in [0.15, 0.2) is 19.0 Å². The number of rotatable bonds is 9. The molecule has 0 saturated heterocycles. The number of anilines is 2. The van der Waals surface area contributed by atoms with Crippen molar-refractivity contribution in [2.24, 2.45) is 11.5 Å². The van der Waals surface area contributed by atoms with Crippen molar-refractivity contribution in [1.82, 2.24) is 24.7 Å². The van der Waals surface area contributed by atoms with E-state index in [-0.39, 0.29) is 30.2 Å². The van der Waals surface area contributed by atoms with Crippen LogP contribution in [-0.2, 0) is 27.2 Å². The highest BCUT2D eigenvalue weighted by Gasteiger charge is 2.36.